The van der Waals surface area contributed by atoms with Crippen LogP contribution >= 0.6 is 0 Å². The Morgan fingerprint density at radius 2 is 1.56 bits per heavy atom. The lowest BCUT2D eigenvalue weighted by atomic mass is 10.0. The number of ether oxygens (including phenoxy) is 1. The first-order chi connectivity index (χ1) is 16.2. The van der Waals surface area contributed by atoms with E-state index < -0.39 is 11.6 Å². The molecule has 1 amide bonds. The third kappa shape index (κ3) is 7.44. The molecule has 0 spiro atoms. The number of carbonyl (C=O) groups excluding carboxylic acids is 1. The fraction of sp³-hybridized carbons (Fsp3) is 0.286. The van der Waals surface area contributed by atoms with Crippen molar-refractivity contribution in [1.82, 2.24) is 5.32 Å². The van der Waals surface area contributed by atoms with Crippen LogP contribution in [0.2, 0.25) is 0 Å². The van der Waals surface area contributed by atoms with Crippen LogP contribution in [0.25, 0.3) is 11.1 Å². The highest BCUT2D eigenvalue weighted by Crippen LogP contribution is 2.25. The zero-order valence-corrected chi connectivity index (χ0v) is 19.5. The van der Waals surface area contributed by atoms with Crippen molar-refractivity contribution in [3.05, 3.63) is 89.7 Å². The van der Waals surface area contributed by atoms with Gasteiger partial charge >= 0.3 is 5.97 Å². The van der Waals surface area contributed by atoms with Crippen LogP contribution in [-0.2, 0) is 22.6 Å². The number of nitrogens with one attached hydrogen (secondary N) is 1. The van der Waals surface area contributed by atoms with Gasteiger partial charge in [-0.2, -0.15) is 0 Å². The Balaban J connectivity index is 1.42. The van der Waals surface area contributed by atoms with Gasteiger partial charge in [0.15, 0.2) is 5.60 Å². The number of hydrogen-bond acceptors (Lipinski definition) is 3. The normalized spacial score (nSPS) is 11.1. The highest BCUT2D eigenvalue weighted by molar-refractivity contribution is 5.77. The lowest BCUT2D eigenvalue weighted by Crippen LogP contribution is -2.37. The van der Waals surface area contributed by atoms with Gasteiger partial charge in [0.2, 0.25) is 5.91 Å². The molecule has 0 heterocycles. The summed E-state index contributed by atoms with van der Waals surface area (Å²) in [4.78, 5) is 23.3. The highest BCUT2D eigenvalue weighted by Gasteiger charge is 2.29. The lowest BCUT2D eigenvalue weighted by Gasteiger charge is -2.21. The Kier molecular flexibility index (Phi) is 8.41. The molecule has 34 heavy (non-hydrogen) atoms. The van der Waals surface area contributed by atoms with Crippen LogP contribution in [-0.4, -0.2) is 22.6 Å². The van der Waals surface area contributed by atoms with Gasteiger partial charge in [-0.05, 0) is 79.6 Å². The Bertz CT molecular complexity index is 1110. The van der Waals surface area contributed by atoms with Crippen LogP contribution in [0.4, 0.5) is 4.39 Å². The SMILES string of the molecule is CC(C)(Oc1ccc(-c2ccc(CNC(=O)CCCCc3cccc(F)c3)cc2)cc1)C(=O)O. The molecule has 0 radical (unpaired) electrons. The number of hydrogen-bond donors (Lipinski definition) is 2. The molecule has 0 fully saturated rings. The summed E-state index contributed by atoms with van der Waals surface area (Å²) in [5, 5.41) is 12.1. The summed E-state index contributed by atoms with van der Waals surface area (Å²) in [5.74, 6) is -0.759. The molecule has 0 aliphatic carbocycles. The molecular weight excluding hydrogens is 433 g/mol. The number of unbranched alkanes of at least 4 members (excludes halogenated alkanes) is 1. The van der Waals surface area contributed by atoms with Crippen molar-refractivity contribution >= 4 is 11.9 Å². The minimum atomic E-state index is -1.30. The third-order valence-corrected chi connectivity index (χ3v) is 5.53. The van der Waals surface area contributed by atoms with Crippen LogP contribution in [0.5, 0.6) is 5.75 Å². The molecule has 0 aliphatic rings. The summed E-state index contributed by atoms with van der Waals surface area (Å²) in [6, 6.07) is 21.7. The minimum absolute atomic E-state index is 0.00296. The molecule has 3 aromatic rings. The molecule has 0 saturated heterocycles. The number of rotatable bonds is 11. The first kappa shape index (κ1) is 25.0. The van der Waals surface area contributed by atoms with Crippen molar-refractivity contribution < 1.29 is 23.8 Å². The molecule has 5 nitrogen and oxygen atoms in total. The summed E-state index contributed by atoms with van der Waals surface area (Å²) in [7, 11) is 0. The van der Waals surface area contributed by atoms with E-state index >= 15 is 0 Å². The second-order valence-electron chi connectivity index (χ2n) is 8.75. The second-order valence-corrected chi connectivity index (χ2v) is 8.75. The van der Waals surface area contributed by atoms with Crippen molar-refractivity contribution in [1.29, 1.82) is 0 Å². The van der Waals surface area contributed by atoms with Crippen molar-refractivity contribution in [2.75, 3.05) is 0 Å². The van der Waals surface area contributed by atoms with E-state index in [4.69, 9.17) is 4.74 Å². The average Bonchev–Trinajstić information content (AvgIpc) is 2.81. The molecule has 3 aromatic carbocycles. The molecule has 178 valence electrons. The van der Waals surface area contributed by atoms with Gasteiger partial charge < -0.3 is 15.2 Å². The largest absolute Gasteiger partial charge is 0.478 e. The second kappa shape index (κ2) is 11.5. The van der Waals surface area contributed by atoms with Crippen LogP contribution in [0, 0.1) is 5.82 Å². The van der Waals surface area contributed by atoms with E-state index in [9.17, 15) is 19.1 Å². The number of aryl methyl sites for hydroxylation is 1. The van der Waals surface area contributed by atoms with E-state index in [-0.39, 0.29) is 11.7 Å². The molecule has 2 N–H and O–H groups in total. The van der Waals surface area contributed by atoms with Gasteiger partial charge in [0, 0.05) is 13.0 Å². The molecule has 0 saturated carbocycles. The van der Waals surface area contributed by atoms with Gasteiger partial charge in [-0.1, -0.05) is 48.5 Å². The van der Waals surface area contributed by atoms with Crippen molar-refractivity contribution in [2.45, 2.75) is 51.7 Å². The van der Waals surface area contributed by atoms with E-state index in [1.807, 2.05) is 42.5 Å². The van der Waals surface area contributed by atoms with Crippen molar-refractivity contribution in [3.8, 4) is 16.9 Å². The number of halogens is 1. The van der Waals surface area contributed by atoms with Crippen LogP contribution in [0.15, 0.2) is 72.8 Å². The van der Waals surface area contributed by atoms with E-state index in [1.54, 1.807) is 18.2 Å². The third-order valence-electron chi connectivity index (χ3n) is 5.53. The van der Waals surface area contributed by atoms with Crippen LogP contribution in [0.3, 0.4) is 0 Å². The van der Waals surface area contributed by atoms with Crippen molar-refractivity contribution in [3.63, 3.8) is 0 Å². The summed E-state index contributed by atoms with van der Waals surface area (Å²) in [6.45, 7) is 3.47. The Hall–Kier alpha value is -3.67. The molecule has 0 bridgehead atoms. The fourth-order valence-corrected chi connectivity index (χ4v) is 3.46. The predicted molar refractivity (Wildman–Crippen MR) is 130 cm³/mol. The Morgan fingerprint density at radius 1 is 0.912 bits per heavy atom. The van der Waals surface area contributed by atoms with E-state index in [0.717, 1.165) is 41.5 Å². The quantitative estimate of drug-likeness (QED) is 0.354. The number of carbonyl (C=O) groups is 2. The minimum Gasteiger partial charge on any atom is -0.478 e. The topological polar surface area (TPSA) is 75.6 Å². The Morgan fingerprint density at radius 3 is 2.18 bits per heavy atom. The summed E-state index contributed by atoms with van der Waals surface area (Å²) < 4.78 is 18.7. The van der Waals surface area contributed by atoms with E-state index in [1.165, 1.54) is 26.0 Å². The fourth-order valence-electron chi connectivity index (χ4n) is 3.46. The summed E-state index contributed by atoms with van der Waals surface area (Å²) in [6.07, 6.45) is 2.80. The van der Waals surface area contributed by atoms with Crippen LogP contribution < -0.4 is 10.1 Å². The zero-order chi connectivity index (χ0) is 24.6. The van der Waals surface area contributed by atoms with E-state index in [2.05, 4.69) is 5.32 Å². The van der Waals surface area contributed by atoms with Gasteiger partial charge in [-0.25, -0.2) is 9.18 Å². The average molecular weight is 464 g/mol. The lowest BCUT2D eigenvalue weighted by molar-refractivity contribution is -0.152. The predicted octanol–water partition coefficient (Wildman–Crippen LogP) is 5.76. The maximum absolute atomic E-state index is 13.2. The molecule has 0 unspecified atom stereocenters. The van der Waals surface area contributed by atoms with Gasteiger partial charge in [0.05, 0.1) is 0 Å². The summed E-state index contributed by atoms with van der Waals surface area (Å²) >= 11 is 0. The molecule has 3 rings (SSSR count). The van der Waals surface area contributed by atoms with Crippen LogP contribution in [0.1, 0.15) is 44.2 Å². The molecule has 6 heteroatoms. The zero-order valence-electron chi connectivity index (χ0n) is 19.5. The number of aliphatic carboxylic acids is 1. The van der Waals surface area contributed by atoms with Gasteiger partial charge in [-0.3, -0.25) is 4.79 Å². The number of amides is 1. The Labute approximate surface area is 199 Å². The van der Waals surface area contributed by atoms with Gasteiger partial charge in [0.1, 0.15) is 11.6 Å². The first-order valence-electron chi connectivity index (χ1n) is 11.4. The summed E-state index contributed by atoms with van der Waals surface area (Å²) in [5.41, 5.74) is 2.65. The molecule has 0 aromatic heterocycles. The maximum Gasteiger partial charge on any atom is 0.347 e. The number of benzene rings is 3. The van der Waals surface area contributed by atoms with E-state index in [0.29, 0.717) is 18.7 Å². The molecular formula is C28H30FNO4. The monoisotopic (exact) mass is 463 g/mol. The van der Waals surface area contributed by atoms with Gasteiger partial charge in [0.25, 0.3) is 0 Å². The number of carboxylic acids is 1. The van der Waals surface area contributed by atoms with Gasteiger partial charge in [-0.15, -0.1) is 0 Å². The first-order valence-corrected chi connectivity index (χ1v) is 11.4. The standard InChI is InChI=1S/C28H30FNO4/c1-28(2,27(32)33)34-25-16-14-23(15-17-25)22-12-10-21(11-13-22)19-30-26(31)9-4-3-6-20-7-5-8-24(29)18-20/h5,7-8,10-18H,3-4,6,9,19H2,1-2H3,(H,30,31)(H,32,33). The number of carboxylic acid groups (broad SMARTS) is 1. The molecule has 0 aliphatic heterocycles. The molecule has 0 atom stereocenters. The maximum atomic E-state index is 13.2. The smallest absolute Gasteiger partial charge is 0.347 e. The van der Waals surface area contributed by atoms with Crippen molar-refractivity contribution in [2.24, 2.45) is 0 Å². The highest BCUT2D eigenvalue weighted by atomic mass is 19.1.